The van der Waals surface area contributed by atoms with Crippen LogP contribution in [0.3, 0.4) is 0 Å². The normalized spacial score (nSPS) is 10.1. The Bertz CT molecular complexity index is 668. The molecule has 0 aliphatic heterocycles. The fourth-order valence-corrected chi connectivity index (χ4v) is 1.94. The van der Waals surface area contributed by atoms with Crippen LogP contribution in [0.4, 0.5) is 0 Å². The van der Waals surface area contributed by atoms with Crippen LogP contribution in [0.2, 0.25) is 0 Å². The smallest absolute Gasteiger partial charge is 0.259 e. The van der Waals surface area contributed by atoms with Crippen LogP contribution in [0.25, 0.3) is 0 Å². The average molecular weight is 337 g/mol. The number of halogens is 1. The Labute approximate surface area is 122 Å². The van der Waals surface area contributed by atoms with Crippen LogP contribution in [-0.4, -0.2) is 33.1 Å². The summed E-state index contributed by atoms with van der Waals surface area (Å²) >= 11 is 3.23. The van der Waals surface area contributed by atoms with E-state index in [0.29, 0.717) is 16.3 Å². The van der Waals surface area contributed by atoms with Crippen molar-refractivity contribution in [3.63, 3.8) is 0 Å². The number of imide groups is 1. The molecule has 2 rings (SSSR count). The number of aromatic nitrogens is 3. The van der Waals surface area contributed by atoms with Crippen molar-refractivity contribution in [1.29, 1.82) is 0 Å². The number of rotatable bonds is 4. The summed E-state index contributed by atoms with van der Waals surface area (Å²) in [6, 6.07) is 6.75. The van der Waals surface area contributed by atoms with Crippen molar-refractivity contribution in [3.8, 4) is 0 Å². The second-order valence-electron chi connectivity index (χ2n) is 3.82. The highest BCUT2D eigenvalue weighted by atomic mass is 79.9. The van der Waals surface area contributed by atoms with Crippen LogP contribution in [0.15, 0.2) is 34.9 Å². The molecule has 0 bridgehead atoms. The largest absolute Gasteiger partial charge is 0.296 e. The standard InChI is InChI=1S/C12H9BrN4O3/c13-10-4-2-1-3-9(10)12(20)14-11(19)6-17-5-8(7-18)15-16-17/h1-5,7H,6H2,(H,14,19,20). The van der Waals surface area contributed by atoms with E-state index < -0.39 is 11.8 Å². The van der Waals surface area contributed by atoms with Gasteiger partial charge in [0.25, 0.3) is 5.91 Å². The van der Waals surface area contributed by atoms with Crippen LogP contribution in [0.5, 0.6) is 0 Å². The third kappa shape index (κ3) is 3.35. The molecule has 0 unspecified atom stereocenters. The molecule has 0 fully saturated rings. The molecule has 1 heterocycles. The number of carbonyl (C=O) groups is 3. The van der Waals surface area contributed by atoms with Gasteiger partial charge in [-0.1, -0.05) is 17.3 Å². The zero-order valence-corrected chi connectivity index (χ0v) is 11.7. The van der Waals surface area contributed by atoms with E-state index in [0.717, 1.165) is 0 Å². The maximum Gasteiger partial charge on any atom is 0.259 e. The van der Waals surface area contributed by atoms with E-state index in [4.69, 9.17) is 0 Å². The van der Waals surface area contributed by atoms with E-state index in [-0.39, 0.29) is 12.2 Å². The van der Waals surface area contributed by atoms with E-state index >= 15 is 0 Å². The minimum atomic E-state index is -0.548. The van der Waals surface area contributed by atoms with Gasteiger partial charge in [0.05, 0.1) is 11.8 Å². The molecule has 0 spiro atoms. The Morgan fingerprint density at radius 3 is 2.75 bits per heavy atom. The molecule has 0 radical (unpaired) electrons. The number of nitrogens with one attached hydrogen (secondary N) is 1. The Hall–Kier alpha value is -2.35. The van der Waals surface area contributed by atoms with Gasteiger partial charge in [0.2, 0.25) is 5.91 Å². The predicted octanol–water partition coefficient (Wildman–Crippen LogP) is 0.810. The number of aldehydes is 1. The summed E-state index contributed by atoms with van der Waals surface area (Å²) in [4.78, 5) is 34.0. The number of amides is 2. The SMILES string of the molecule is O=Cc1cn(CC(=O)NC(=O)c2ccccc2Br)nn1. The molecule has 0 aliphatic carbocycles. The second kappa shape index (κ2) is 6.20. The molecule has 1 aromatic heterocycles. The lowest BCUT2D eigenvalue weighted by Crippen LogP contribution is -2.33. The Balaban J connectivity index is 1.99. The lowest BCUT2D eigenvalue weighted by molar-refractivity contribution is -0.120. The minimum Gasteiger partial charge on any atom is -0.296 e. The number of carbonyl (C=O) groups excluding carboxylic acids is 3. The van der Waals surface area contributed by atoms with Crippen molar-refractivity contribution in [2.45, 2.75) is 6.54 Å². The third-order valence-corrected chi connectivity index (χ3v) is 3.05. The summed E-state index contributed by atoms with van der Waals surface area (Å²) in [5.41, 5.74) is 0.475. The van der Waals surface area contributed by atoms with Gasteiger partial charge in [-0.15, -0.1) is 5.10 Å². The Kier molecular flexibility index (Phi) is 4.36. The molecule has 7 nitrogen and oxygen atoms in total. The van der Waals surface area contributed by atoms with Gasteiger partial charge < -0.3 is 0 Å². The van der Waals surface area contributed by atoms with Crippen LogP contribution in [-0.2, 0) is 11.3 Å². The van der Waals surface area contributed by atoms with Gasteiger partial charge in [-0.25, -0.2) is 4.68 Å². The first kappa shape index (κ1) is 14.1. The predicted molar refractivity (Wildman–Crippen MR) is 72.0 cm³/mol. The van der Waals surface area contributed by atoms with E-state index in [9.17, 15) is 14.4 Å². The summed E-state index contributed by atoms with van der Waals surface area (Å²) in [5, 5.41) is 9.32. The highest BCUT2D eigenvalue weighted by Crippen LogP contribution is 2.15. The summed E-state index contributed by atoms with van der Waals surface area (Å²) in [6.07, 6.45) is 1.84. The molecule has 1 aromatic carbocycles. The number of hydrogen-bond acceptors (Lipinski definition) is 5. The maximum atomic E-state index is 11.9. The quantitative estimate of drug-likeness (QED) is 0.834. The van der Waals surface area contributed by atoms with E-state index in [2.05, 4.69) is 31.6 Å². The first-order valence-corrected chi connectivity index (χ1v) is 6.33. The lowest BCUT2D eigenvalue weighted by atomic mass is 10.2. The first-order valence-electron chi connectivity index (χ1n) is 5.54. The molecule has 8 heteroatoms. The monoisotopic (exact) mass is 336 g/mol. The van der Waals surface area contributed by atoms with Gasteiger partial charge in [0.1, 0.15) is 12.2 Å². The van der Waals surface area contributed by atoms with Crippen LogP contribution < -0.4 is 5.32 Å². The van der Waals surface area contributed by atoms with Gasteiger partial charge in [0.15, 0.2) is 6.29 Å². The molecule has 0 saturated carbocycles. The molecular weight excluding hydrogens is 328 g/mol. The summed E-state index contributed by atoms with van der Waals surface area (Å²) in [6.45, 7) is -0.197. The van der Waals surface area contributed by atoms with Gasteiger partial charge in [0, 0.05) is 4.47 Å². The lowest BCUT2D eigenvalue weighted by Gasteiger charge is -2.05. The number of nitrogens with zero attached hydrogens (tertiary/aromatic N) is 3. The van der Waals surface area contributed by atoms with Gasteiger partial charge in [-0.05, 0) is 28.1 Å². The molecule has 2 aromatic rings. The number of benzene rings is 1. The van der Waals surface area contributed by atoms with Crippen LogP contribution in [0.1, 0.15) is 20.8 Å². The maximum absolute atomic E-state index is 11.9. The minimum absolute atomic E-state index is 0.120. The number of hydrogen-bond donors (Lipinski definition) is 1. The van der Waals surface area contributed by atoms with Crippen LogP contribution in [0, 0.1) is 0 Å². The molecule has 2 amide bonds. The molecular formula is C12H9BrN4O3. The molecule has 1 N–H and O–H groups in total. The summed E-state index contributed by atoms with van der Waals surface area (Å²) < 4.78 is 1.76. The molecule has 0 aliphatic rings. The van der Waals surface area contributed by atoms with Crippen molar-refractivity contribution in [2.75, 3.05) is 0 Å². The highest BCUT2D eigenvalue weighted by Gasteiger charge is 2.13. The van der Waals surface area contributed by atoms with E-state index in [1.807, 2.05) is 0 Å². The third-order valence-electron chi connectivity index (χ3n) is 2.35. The average Bonchev–Trinajstić information content (AvgIpc) is 2.86. The van der Waals surface area contributed by atoms with Crippen molar-refractivity contribution in [1.82, 2.24) is 20.3 Å². The van der Waals surface area contributed by atoms with E-state index in [1.54, 1.807) is 24.3 Å². The fourth-order valence-electron chi connectivity index (χ4n) is 1.47. The highest BCUT2D eigenvalue weighted by molar-refractivity contribution is 9.10. The van der Waals surface area contributed by atoms with Crippen molar-refractivity contribution < 1.29 is 14.4 Å². The van der Waals surface area contributed by atoms with Gasteiger partial charge >= 0.3 is 0 Å². The van der Waals surface area contributed by atoms with Crippen molar-refractivity contribution >= 4 is 34.0 Å². The Morgan fingerprint density at radius 1 is 1.35 bits per heavy atom. The topological polar surface area (TPSA) is 94.0 Å². The molecule has 102 valence electrons. The zero-order valence-electron chi connectivity index (χ0n) is 10.1. The van der Waals surface area contributed by atoms with Gasteiger partial charge in [-0.2, -0.15) is 0 Å². The zero-order chi connectivity index (χ0) is 14.5. The van der Waals surface area contributed by atoms with Gasteiger partial charge in [-0.3, -0.25) is 19.7 Å². The van der Waals surface area contributed by atoms with Crippen molar-refractivity contribution in [3.05, 3.63) is 46.2 Å². The second-order valence-corrected chi connectivity index (χ2v) is 4.67. The van der Waals surface area contributed by atoms with Crippen molar-refractivity contribution in [2.24, 2.45) is 0 Å². The first-order chi connectivity index (χ1) is 9.60. The summed E-state index contributed by atoms with van der Waals surface area (Å²) in [7, 11) is 0. The van der Waals surface area contributed by atoms with Crippen LogP contribution >= 0.6 is 15.9 Å². The Morgan fingerprint density at radius 2 is 2.10 bits per heavy atom. The van der Waals surface area contributed by atoms with E-state index in [1.165, 1.54) is 10.9 Å². The molecule has 0 atom stereocenters. The molecule has 0 saturated heterocycles. The fraction of sp³-hybridized carbons (Fsp3) is 0.0833. The molecule has 20 heavy (non-hydrogen) atoms. The summed E-state index contributed by atoms with van der Waals surface area (Å²) in [5.74, 6) is -1.06.